The molecule has 0 saturated carbocycles. The quantitative estimate of drug-likeness (QED) is 0.659. The van der Waals surface area contributed by atoms with Gasteiger partial charge in [0.1, 0.15) is 6.54 Å². The molecule has 0 aliphatic rings. The van der Waals surface area contributed by atoms with Gasteiger partial charge in [-0.1, -0.05) is 0 Å². The first-order valence-electron chi connectivity index (χ1n) is 4.97. The summed E-state index contributed by atoms with van der Waals surface area (Å²) in [5, 5.41) is 6.81. The summed E-state index contributed by atoms with van der Waals surface area (Å²) in [6.07, 6.45) is 3.51. The molecule has 0 spiro atoms. The highest BCUT2D eigenvalue weighted by molar-refractivity contribution is 14.1. The number of hydrogen-bond donors (Lipinski definition) is 2. The van der Waals surface area contributed by atoms with Crippen LogP contribution in [-0.4, -0.2) is 15.7 Å². The van der Waals surface area contributed by atoms with Crippen molar-refractivity contribution < 1.29 is 4.79 Å². The van der Waals surface area contributed by atoms with Crippen molar-refractivity contribution in [1.29, 1.82) is 0 Å². The van der Waals surface area contributed by atoms with Crippen molar-refractivity contribution in [2.24, 2.45) is 0 Å². The second-order valence-electron chi connectivity index (χ2n) is 3.53. The van der Waals surface area contributed by atoms with Gasteiger partial charge in [-0.15, -0.1) is 0 Å². The van der Waals surface area contributed by atoms with Gasteiger partial charge < -0.3 is 11.1 Å². The van der Waals surface area contributed by atoms with Crippen LogP contribution in [0.15, 0.2) is 36.7 Å². The number of nitrogen functional groups attached to an aromatic ring is 1. The highest BCUT2D eigenvalue weighted by atomic mass is 127. The van der Waals surface area contributed by atoms with Crippen LogP contribution >= 0.6 is 22.6 Å². The largest absolute Gasteiger partial charge is 0.399 e. The molecule has 0 aliphatic carbocycles. The Bertz CT molecular complexity index is 521. The number of benzene rings is 1. The monoisotopic (exact) mass is 342 g/mol. The molecule has 1 aromatic carbocycles. The third-order valence-electron chi connectivity index (χ3n) is 2.10. The van der Waals surface area contributed by atoms with Crippen LogP contribution in [0.3, 0.4) is 0 Å². The molecular formula is C11H11IN4O. The molecule has 1 amide bonds. The van der Waals surface area contributed by atoms with Gasteiger partial charge in [-0.25, -0.2) is 0 Å². The molecular weight excluding hydrogens is 331 g/mol. The van der Waals surface area contributed by atoms with E-state index in [1.54, 1.807) is 35.1 Å². The molecule has 2 rings (SSSR count). The number of nitrogens with one attached hydrogen (secondary N) is 1. The van der Waals surface area contributed by atoms with Crippen LogP contribution in [0.25, 0.3) is 0 Å². The molecule has 17 heavy (non-hydrogen) atoms. The Labute approximate surface area is 112 Å². The lowest BCUT2D eigenvalue weighted by atomic mass is 10.3. The van der Waals surface area contributed by atoms with Crippen LogP contribution < -0.4 is 11.1 Å². The Balaban J connectivity index is 1.95. The zero-order valence-corrected chi connectivity index (χ0v) is 11.1. The number of rotatable bonds is 3. The van der Waals surface area contributed by atoms with Crippen molar-refractivity contribution in [3.8, 4) is 0 Å². The highest BCUT2D eigenvalue weighted by Gasteiger charge is 2.04. The van der Waals surface area contributed by atoms with E-state index in [1.807, 2.05) is 6.20 Å². The number of halogens is 1. The number of carbonyl (C=O) groups excluding carboxylic acids is 1. The first-order valence-corrected chi connectivity index (χ1v) is 6.05. The van der Waals surface area contributed by atoms with E-state index in [1.165, 1.54) is 0 Å². The maximum absolute atomic E-state index is 11.7. The standard InChI is InChI=1S/C11H11IN4O/c12-8-5-14-16(6-8)7-11(17)15-10-3-1-9(13)2-4-10/h1-6H,7,13H2,(H,15,17). The highest BCUT2D eigenvalue weighted by Crippen LogP contribution is 2.10. The number of anilines is 2. The average Bonchev–Trinajstić information content (AvgIpc) is 2.67. The van der Waals surface area contributed by atoms with Gasteiger partial charge in [0.25, 0.3) is 0 Å². The molecule has 0 bridgehead atoms. The topological polar surface area (TPSA) is 72.9 Å². The molecule has 1 aromatic heterocycles. The molecule has 5 nitrogen and oxygen atoms in total. The molecule has 88 valence electrons. The predicted molar refractivity (Wildman–Crippen MR) is 74.4 cm³/mol. The fourth-order valence-corrected chi connectivity index (χ4v) is 1.78. The van der Waals surface area contributed by atoms with Gasteiger partial charge in [-0.2, -0.15) is 5.10 Å². The summed E-state index contributed by atoms with van der Waals surface area (Å²) in [6, 6.07) is 7.01. The SMILES string of the molecule is Nc1ccc(NC(=O)Cn2cc(I)cn2)cc1. The molecule has 2 aromatic rings. The lowest BCUT2D eigenvalue weighted by Gasteiger charge is -2.05. The minimum Gasteiger partial charge on any atom is -0.399 e. The van der Waals surface area contributed by atoms with E-state index in [2.05, 4.69) is 33.0 Å². The van der Waals surface area contributed by atoms with Gasteiger partial charge in [0.15, 0.2) is 0 Å². The first kappa shape index (κ1) is 11.9. The average molecular weight is 342 g/mol. The normalized spacial score (nSPS) is 10.2. The maximum atomic E-state index is 11.7. The maximum Gasteiger partial charge on any atom is 0.246 e. The summed E-state index contributed by atoms with van der Waals surface area (Å²) >= 11 is 2.15. The minimum absolute atomic E-state index is 0.116. The van der Waals surface area contributed by atoms with E-state index in [9.17, 15) is 4.79 Å². The Hall–Kier alpha value is -1.57. The van der Waals surface area contributed by atoms with Gasteiger partial charge in [0.05, 0.1) is 9.77 Å². The van der Waals surface area contributed by atoms with Gasteiger partial charge in [0.2, 0.25) is 5.91 Å². The van der Waals surface area contributed by atoms with Crippen molar-refractivity contribution in [3.63, 3.8) is 0 Å². The minimum atomic E-state index is -0.116. The van der Waals surface area contributed by atoms with Crippen LogP contribution in [-0.2, 0) is 11.3 Å². The summed E-state index contributed by atoms with van der Waals surface area (Å²) in [7, 11) is 0. The smallest absolute Gasteiger partial charge is 0.246 e. The van der Waals surface area contributed by atoms with E-state index in [4.69, 9.17) is 5.73 Å². The molecule has 3 N–H and O–H groups in total. The van der Waals surface area contributed by atoms with Crippen LogP contribution in [0, 0.1) is 3.57 Å². The Morgan fingerprint density at radius 2 is 2.12 bits per heavy atom. The number of carbonyl (C=O) groups is 1. The van der Waals surface area contributed by atoms with E-state index in [-0.39, 0.29) is 12.5 Å². The summed E-state index contributed by atoms with van der Waals surface area (Å²) in [5.41, 5.74) is 6.95. The third kappa shape index (κ3) is 3.45. The van der Waals surface area contributed by atoms with Gasteiger partial charge in [-0.05, 0) is 46.9 Å². The fourth-order valence-electron chi connectivity index (χ4n) is 1.34. The van der Waals surface area contributed by atoms with Gasteiger partial charge >= 0.3 is 0 Å². The van der Waals surface area contributed by atoms with Crippen molar-refractivity contribution in [3.05, 3.63) is 40.2 Å². The lowest BCUT2D eigenvalue weighted by Crippen LogP contribution is -2.18. The molecule has 0 aliphatic heterocycles. The van der Waals surface area contributed by atoms with E-state index >= 15 is 0 Å². The van der Waals surface area contributed by atoms with E-state index < -0.39 is 0 Å². The first-order chi connectivity index (χ1) is 8.13. The molecule has 1 heterocycles. The van der Waals surface area contributed by atoms with Gasteiger partial charge in [0, 0.05) is 17.6 Å². The Morgan fingerprint density at radius 3 is 2.71 bits per heavy atom. The molecule has 0 unspecified atom stereocenters. The van der Waals surface area contributed by atoms with Crippen LogP contribution in [0.4, 0.5) is 11.4 Å². The number of nitrogens with zero attached hydrogens (tertiary/aromatic N) is 2. The van der Waals surface area contributed by atoms with Gasteiger partial charge in [-0.3, -0.25) is 9.48 Å². The molecule has 0 atom stereocenters. The summed E-state index contributed by atoms with van der Waals surface area (Å²) in [5.74, 6) is -0.116. The number of nitrogens with two attached hydrogens (primary N) is 1. The van der Waals surface area contributed by atoms with E-state index in [0.29, 0.717) is 5.69 Å². The van der Waals surface area contributed by atoms with Crippen molar-refractivity contribution in [2.45, 2.75) is 6.54 Å². The summed E-state index contributed by atoms with van der Waals surface area (Å²) in [6.45, 7) is 0.202. The summed E-state index contributed by atoms with van der Waals surface area (Å²) < 4.78 is 2.59. The summed E-state index contributed by atoms with van der Waals surface area (Å²) in [4.78, 5) is 11.7. The second kappa shape index (κ2) is 5.17. The fraction of sp³-hybridized carbons (Fsp3) is 0.0909. The molecule has 6 heteroatoms. The van der Waals surface area contributed by atoms with Crippen molar-refractivity contribution in [2.75, 3.05) is 11.1 Å². The van der Waals surface area contributed by atoms with Crippen LogP contribution in [0.1, 0.15) is 0 Å². The van der Waals surface area contributed by atoms with Crippen molar-refractivity contribution in [1.82, 2.24) is 9.78 Å². The second-order valence-corrected chi connectivity index (χ2v) is 4.77. The van der Waals surface area contributed by atoms with Crippen molar-refractivity contribution >= 4 is 39.9 Å². The molecule has 0 fully saturated rings. The number of amides is 1. The number of aromatic nitrogens is 2. The Kier molecular flexibility index (Phi) is 3.62. The third-order valence-corrected chi connectivity index (χ3v) is 2.66. The Morgan fingerprint density at radius 1 is 1.41 bits per heavy atom. The van der Waals surface area contributed by atoms with Crippen LogP contribution in [0.5, 0.6) is 0 Å². The van der Waals surface area contributed by atoms with E-state index in [0.717, 1.165) is 9.26 Å². The van der Waals surface area contributed by atoms with Crippen LogP contribution in [0.2, 0.25) is 0 Å². The molecule has 0 radical (unpaired) electrons. The zero-order chi connectivity index (χ0) is 12.3. The molecule has 0 saturated heterocycles. The zero-order valence-electron chi connectivity index (χ0n) is 8.93. The number of hydrogen-bond acceptors (Lipinski definition) is 3. The predicted octanol–water partition coefficient (Wildman–Crippen LogP) is 1.71. The lowest BCUT2D eigenvalue weighted by molar-refractivity contribution is -0.116.